The van der Waals surface area contributed by atoms with Crippen molar-refractivity contribution in [2.45, 2.75) is 26.2 Å². The van der Waals surface area contributed by atoms with Crippen LogP contribution >= 0.6 is 0 Å². The fourth-order valence-electron chi connectivity index (χ4n) is 1.75. The SMILES string of the molecule is CN(CC(=O)NCC(=O)O)c1ccc(C(C)(C)C)cc1. The number of hydrogen-bond donors (Lipinski definition) is 2. The maximum Gasteiger partial charge on any atom is 0.322 e. The van der Waals surface area contributed by atoms with E-state index in [1.54, 1.807) is 11.9 Å². The molecule has 0 spiro atoms. The lowest BCUT2D eigenvalue weighted by Crippen LogP contribution is -2.37. The van der Waals surface area contributed by atoms with Gasteiger partial charge in [0.25, 0.3) is 0 Å². The summed E-state index contributed by atoms with van der Waals surface area (Å²) in [5.41, 5.74) is 2.24. The fourth-order valence-corrected chi connectivity index (χ4v) is 1.75. The number of benzene rings is 1. The second-order valence-electron chi connectivity index (χ2n) is 5.82. The average Bonchev–Trinajstić information content (AvgIpc) is 2.35. The lowest BCUT2D eigenvalue weighted by atomic mass is 9.87. The van der Waals surface area contributed by atoms with Crippen LogP contribution in [0, 0.1) is 0 Å². The van der Waals surface area contributed by atoms with Gasteiger partial charge in [0.1, 0.15) is 6.54 Å². The van der Waals surface area contributed by atoms with Crippen LogP contribution in [0.25, 0.3) is 0 Å². The van der Waals surface area contributed by atoms with Gasteiger partial charge in [0.2, 0.25) is 5.91 Å². The van der Waals surface area contributed by atoms with E-state index < -0.39 is 5.97 Å². The molecule has 5 nitrogen and oxygen atoms in total. The van der Waals surface area contributed by atoms with Crippen molar-refractivity contribution in [1.29, 1.82) is 0 Å². The summed E-state index contributed by atoms with van der Waals surface area (Å²) < 4.78 is 0. The molecule has 0 atom stereocenters. The standard InChI is InChI=1S/C15H22N2O3/c1-15(2,3)11-5-7-12(8-6-11)17(4)10-13(18)16-9-14(19)20/h5-8H,9-10H2,1-4H3,(H,16,18)(H,19,20). The zero-order valence-electron chi connectivity index (χ0n) is 12.4. The van der Waals surface area contributed by atoms with Crippen LogP contribution in [0.3, 0.4) is 0 Å². The lowest BCUT2D eigenvalue weighted by molar-refractivity contribution is -0.137. The van der Waals surface area contributed by atoms with Crippen molar-refractivity contribution in [2.75, 3.05) is 25.0 Å². The molecule has 0 bridgehead atoms. The molecule has 0 aliphatic rings. The third-order valence-corrected chi connectivity index (χ3v) is 2.99. The van der Waals surface area contributed by atoms with Gasteiger partial charge in [-0.1, -0.05) is 32.9 Å². The number of anilines is 1. The van der Waals surface area contributed by atoms with Gasteiger partial charge < -0.3 is 15.3 Å². The number of carboxylic acids is 1. The number of hydrogen-bond acceptors (Lipinski definition) is 3. The molecule has 0 radical (unpaired) electrons. The number of carbonyl (C=O) groups is 2. The van der Waals surface area contributed by atoms with Crippen molar-refractivity contribution in [3.8, 4) is 0 Å². The molecule has 1 amide bonds. The molecule has 0 aromatic heterocycles. The van der Waals surface area contributed by atoms with Gasteiger partial charge in [0.15, 0.2) is 0 Å². The maximum absolute atomic E-state index is 11.5. The quantitative estimate of drug-likeness (QED) is 0.858. The van der Waals surface area contributed by atoms with Gasteiger partial charge in [-0.05, 0) is 23.1 Å². The molecule has 0 saturated carbocycles. The van der Waals surface area contributed by atoms with Gasteiger partial charge in [0.05, 0.1) is 6.54 Å². The molecular formula is C15H22N2O3. The van der Waals surface area contributed by atoms with Crippen molar-refractivity contribution in [3.05, 3.63) is 29.8 Å². The smallest absolute Gasteiger partial charge is 0.322 e. The average molecular weight is 278 g/mol. The predicted molar refractivity (Wildman–Crippen MR) is 79.1 cm³/mol. The first-order chi connectivity index (χ1) is 9.20. The Morgan fingerprint density at radius 3 is 2.20 bits per heavy atom. The second-order valence-corrected chi connectivity index (χ2v) is 5.82. The van der Waals surface area contributed by atoms with Crippen LogP contribution in [0.1, 0.15) is 26.3 Å². The Balaban J connectivity index is 2.62. The number of aliphatic carboxylic acids is 1. The third kappa shape index (κ3) is 4.91. The molecule has 20 heavy (non-hydrogen) atoms. The molecule has 0 unspecified atom stereocenters. The first-order valence-electron chi connectivity index (χ1n) is 6.50. The van der Waals surface area contributed by atoms with E-state index in [0.29, 0.717) is 0 Å². The van der Waals surface area contributed by atoms with Crippen LogP contribution < -0.4 is 10.2 Å². The van der Waals surface area contributed by atoms with Gasteiger partial charge >= 0.3 is 5.97 Å². The minimum Gasteiger partial charge on any atom is -0.480 e. The molecule has 0 saturated heterocycles. The van der Waals surface area contributed by atoms with E-state index in [1.807, 2.05) is 24.3 Å². The largest absolute Gasteiger partial charge is 0.480 e. The van der Waals surface area contributed by atoms with Gasteiger partial charge in [0, 0.05) is 12.7 Å². The highest BCUT2D eigenvalue weighted by Crippen LogP contribution is 2.24. The normalized spacial score (nSPS) is 11.0. The Morgan fingerprint density at radius 2 is 1.75 bits per heavy atom. The first-order valence-corrected chi connectivity index (χ1v) is 6.50. The van der Waals surface area contributed by atoms with E-state index in [4.69, 9.17) is 5.11 Å². The first kappa shape index (κ1) is 16.0. The minimum absolute atomic E-state index is 0.0932. The number of carboxylic acid groups (broad SMARTS) is 1. The number of amides is 1. The minimum atomic E-state index is -1.05. The molecule has 2 N–H and O–H groups in total. The Morgan fingerprint density at radius 1 is 1.20 bits per heavy atom. The summed E-state index contributed by atoms with van der Waals surface area (Å²) in [4.78, 5) is 23.7. The topological polar surface area (TPSA) is 69.6 Å². The molecule has 5 heteroatoms. The number of rotatable bonds is 5. The highest BCUT2D eigenvalue weighted by atomic mass is 16.4. The second kappa shape index (κ2) is 6.41. The zero-order valence-corrected chi connectivity index (χ0v) is 12.4. The predicted octanol–water partition coefficient (Wildman–Crippen LogP) is 1.62. The monoisotopic (exact) mass is 278 g/mol. The van der Waals surface area contributed by atoms with E-state index in [9.17, 15) is 9.59 Å². The summed E-state index contributed by atoms with van der Waals surface area (Å²) in [6, 6.07) is 8.01. The Hall–Kier alpha value is -2.04. The number of likely N-dealkylation sites (N-methyl/N-ethyl adjacent to an activating group) is 1. The van der Waals surface area contributed by atoms with E-state index in [0.717, 1.165) is 5.69 Å². The van der Waals surface area contributed by atoms with Crippen LogP contribution in [-0.4, -0.2) is 37.1 Å². The zero-order chi connectivity index (χ0) is 15.3. The van der Waals surface area contributed by atoms with Crippen molar-refractivity contribution in [1.82, 2.24) is 5.32 Å². The fraction of sp³-hybridized carbons (Fsp3) is 0.467. The van der Waals surface area contributed by atoms with E-state index in [2.05, 4.69) is 26.1 Å². The molecule has 0 heterocycles. The van der Waals surface area contributed by atoms with Gasteiger partial charge in [-0.3, -0.25) is 9.59 Å². The summed E-state index contributed by atoms with van der Waals surface area (Å²) in [6.45, 7) is 6.21. The van der Waals surface area contributed by atoms with E-state index >= 15 is 0 Å². The van der Waals surface area contributed by atoms with Crippen molar-refractivity contribution < 1.29 is 14.7 Å². The van der Waals surface area contributed by atoms with Gasteiger partial charge in [-0.15, -0.1) is 0 Å². The number of nitrogens with one attached hydrogen (secondary N) is 1. The Labute approximate surface area is 119 Å². The molecule has 0 fully saturated rings. The Bertz CT molecular complexity index is 475. The molecule has 1 aromatic carbocycles. The van der Waals surface area contributed by atoms with Crippen molar-refractivity contribution in [2.24, 2.45) is 0 Å². The summed E-state index contributed by atoms with van der Waals surface area (Å²) >= 11 is 0. The summed E-state index contributed by atoms with van der Waals surface area (Å²) in [6.07, 6.45) is 0. The highest BCUT2D eigenvalue weighted by Gasteiger charge is 2.14. The molecule has 1 rings (SSSR count). The van der Waals surface area contributed by atoms with Gasteiger partial charge in [-0.2, -0.15) is 0 Å². The summed E-state index contributed by atoms with van der Waals surface area (Å²) in [5, 5.41) is 10.8. The van der Waals surface area contributed by atoms with Crippen LogP contribution in [0.2, 0.25) is 0 Å². The van der Waals surface area contributed by atoms with Crippen molar-refractivity contribution >= 4 is 17.6 Å². The Kier molecular flexibility index (Phi) is 5.13. The molecular weight excluding hydrogens is 256 g/mol. The van der Waals surface area contributed by atoms with E-state index in [-0.39, 0.29) is 24.4 Å². The van der Waals surface area contributed by atoms with Crippen LogP contribution in [0.15, 0.2) is 24.3 Å². The number of carbonyl (C=O) groups excluding carboxylic acids is 1. The number of nitrogens with zero attached hydrogens (tertiary/aromatic N) is 1. The summed E-state index contributed by atoms with van der Waals surface area (Å²) in [5.74, 6) is -1.36. The van der Waals surface area contributed by atoms with E-state index in [1.165, 1.54) is 5.56 Å². The van der Waals surface area contributed by atoms with Gasteiger partial charge in [-0.25, -0.2) is 0 Å². The summed E-state index contributed by atoms with van der Waals surface area (Å²) in [7, 11) is 1.80. The molecule has 0 aliphatic carbocycles. The van der Waals surface area contributed by atoms with Crippen LogP contribution in [-0.2, 0) is 15.0 Å². The van der Waals surface area contributed by atoms with Crippen molar-refractivity contribution in [3.63, 3.8) is 0 Å². The third-order valence-electron chi connectivity index (χ3n) is 2.99. The highest BCUT2D eigenvalue weighted by molar-refractivity contribution is 5.84. The molecule has 0 aliphatic heterocycles. The maximum atomic E-state index is 11.5. The van der Waals surface area contributed by atoms with Crippen LogP contribution in [0.4, 0.5) is 5.69 Å². The molecule has 1 aromatic rings. The molecule has 110 valence electrons. The van der Waals surface area contributed by atoms with Crippen LogP contribution in [0.5, 0.6) is 0 Å². The lowest BCUT2D eigenvalue weighted by Gasteiger charge is -2.22.